The lowest BCUT2D eigenvalue weighted by atomic mass is 10.1. The van der Waals surface area contributed by atoms with Gasteiger partial charge in [0.25, 0.3) is 5.91 Å². The first-order valence-electron chi connectivity index (χ1n) is 9.59. The van der Waals surface area contributed by atoms with E-state index in [0.717, 1.165) is 29.8 Å². The number of oxazole rings is 1. The number of rotatable bonds is 6. The standard InChI is InChI=1S/C23H24N2O3/c1-15(17-9-10-17)25(19-11-13-20(27-3)14-12-19)23(26)21-16(2)28-22(24-21)18-7-5-4-6-8-18/h4-8,11-15,17H,9-10H2,1-3H3. The highest BCUT2D eigenvalue weighted by Crippen LogP contribution is 2.38. The summed E-state index contributed by atoms with van der Waals surface area (Å²) in [7, 11) is 1.63. The van der Waals surface area contributed by atoms with Crippen molar-refractivity contribution in [3.63, 3.8) is 0 Å². The molecule has 2 aromatic carbocycles. The second-order valence-electron chi connectivity index (χ2n) is 7.24. The molecule has 1 aliphatic carbocycles. The van der Waals surface area contributed by atoms with Gasteiger partial charge < -0.3 is 14.1 Å². The maximum atomic E-state index is 13.5. The Morgan fingerprint density at radius 1 is 1.14 bits per heavy atom. The largest absolute Gasteiger partial charge is 0.497 e. The van der Waals surface area contributed by atoms with E-state index in [2.05, 4.69) is 11.9 Å². The number of amides is 1. The van der Waals surface area contributed by atoms with E-state index in [1.165, 1.54) is 0 Å². The van der Waals surface area contributed by atoms with Gasteiger partial charge in [0.05, 0.1) is 7.11 Å². The molecule has 3 aromatic rings. The molecule has 144 valence electrons. The molecule has 0 bridgehead atoms. The summed E-state index contributed by atoms with van der Waals surface area (Å²) in [6, 6.07) is 17.3. The summed E-state index contributed by atoms with van der Waals surface area (Å²) >= 11 is 0. The van der Waals surface area contributed by atoms with Crippen molar-refractivity contribution in [1.82, 2.24) is 4.98 Å². The zero-order valence-electron chi connectivity index (χ0n) is 16.4. The predicted octanol–water partition coefficient (Wildman–Crippen LogP) is 5.10. The number of carbonyl (C=O) groups excluding carboxylic acids is 1. The Labute approximate surface area is 165 Å². The Bertz CT molecular complexity index is 959. The van der Waals surface area contributed by atoms with Crippen LogP contribution in [0.25, 0.3) is 11.5 Å². The van der Waals surface area contributed by atoms with Crippen molar-refractivity contribution < 1.29 is 13.9 Å². The SMILES string of the molecule is COc1ccc(N(C(=O)c2nc(-c3ccccc3)oc2C)C(C)C2CC2)cc1. The molecule has 0 spiro atoms. The number of nitrogens with zero attached hydrogens (tertiary/aromatic N) is 2. The van der Waals surface area contributed by atoms with Crippen molar-refractivity contribution in [2.75, 3.05) is 12.0 Å². The van der Waals surface area contributed by atoms with Gasteiger partial charge in [0, 0.05) is 17.3 Å². The van der Waals surface area contributed by atoms with Crippen LogP contribution < -0.4 is 9.64 Å². The van der Waals surface area contributed by atoms with Crippen LogP contribution in [-0.4, -0.2) is 24.0 Å². The fraction of sp³-hybridized carbons (Fsp3) is 0.304. The smallest absolute Gasteiger partial charge is 0.280 e. The number of hydrogen-bond acceptors (Lipinski definition) is 4. The van der Waals surface area contributed by atoms with E-state index >= 15 is 0 Å². The maximum absolute atomic E-state index is 13.5. The van der Waals surface area contributed by atoms with Crippen molar-refractivity contribution in [2.45, 2.75) is 32.7 Å². The molecule has 1 unspecified atom stereocenters. The minimum absolute atomic E-state index is 0.0946. The molecule has 0 aliphatic heterocycles. The molecule has 0 N–H and O–H groups in total. The molecule has 1 saturated carbocycles. The summed E-state index contributed by atoms with van der Waals surface area (Å²) in [6.07, 6.45) is 2.29. The van der Waals surface area contributed by atoms with E-state index in [9.17, 15) is 4.79 Å². The van der Waals surface area contributed by atoms with Gasteiger partial charge >= 0.3 is 0 Å². The minimum Gasteiger partial charge on any atom is -0.497 e. The lowest BCUT2D eigenvalue weighted by Crippen LogP contribution is -2.40. The van der Waals surface area contributed by atoms with Crippen molar-refractivity contribution >= 4 is 11.6 Å². The van der Waals surface area contributed by atoms with Gasteiger partial charge in [0.1, 0.15) is 11.5 Å². The van der Waals surface area contributed by atoms with Gasteiger partial charge in [-0.1, -0.05) is 18.2 Å². The van der Waals surface area contributed by atoms with Gasteiger partial charge in [0.15, 0.2) is 5.69 Å². The second-order valence-corrected chi connectivity index (χ2v) is 7.24. The molecule has 1 atom stereocenters. The normalized spacial score (nSPS) is 14.5. The Balaban J connectivity index is 1.70. The number of ether oxygens (including phenoxy) is 1. The summed E-state index contributed by atoms with van der Waals surface area (Å²) in [5, 5.41) is 0. The highest BCUT2D eigenvalue weighted by atomic mass is 16.5. The molecule has 28 heavy (non-hydrogen) atoms. The van der Waals surface area contributed by atoms with E-state index in [0.29, 0.717) is 23.3 Å². The summed E-state index contributed by atoms with van der Waals surface area (Å²) in [5.41, 5.74) is 2.06. The van der Waals surface area contributed by atoms with Crippen molar-refractivity contribution in [1.29, 1.82) is 0 Å². The summed E-state index contributed by atoms with van der Waals surface area (Å²) in [4.78, 5) is 19.9. The number of anilines is 1. The average Bonchev–Trinajstić information content (AvgIpc) is 3.51. The van der Waals surface area contributed by atoms with Crippen LogP contribution in [0.15, 0.2) is 59.0 Å². The van der Waals surface area contributed by atoms with Gasteiger partial charge in [-0.2, -0.15) is 0 Å². The molecule has 5 heteroatoms. The van der Waals surface area contributed by atoms with E-state index in [1.807, 2.05) is 59.5 Å². The molecule has 0 saturated heterocycles. The van der Waals surface area contributed by atoms with Gasteiger partial charge in [0.2, 0.25) is 5.89 Å². The van der Waals surface area contributed by atoms with E-state index in [4.69, 9.17) is 9.15 Å². The number of aryl methyl sites for hydroxylation is 1. The maximum Gasteiger partial charge on any atom is 0.280 e. The number of hydrogen-bond donors (Lipinski definition) is 0. The highest BCUT2D eigenvalue weighted by Gasteiger charge is 2.37. The van der Waals surface area contributed by atoms with Crippen LogP contribution in [0.5, 0.6) is 5.75 Å². The molecule has 4 rings (SSSR count). The first-order valence-corrected chi connectivity index (χ1v) is 9.59. The molecular formula is C23H24N2O3. The van der Waals surface area contributed by atoms with Crippen molar-refractivity contribution in [3.05, 3.63) is 66.1 Å². The second kappa shape index (κ2) is 7.50. The van der Waals surface area contributed by atoms with Crippen LogP contribution in [0.4, 0.5) is 5.69 Å². The van der Waals surface area contributed by atoms with E-state index in [1.54, 1.807) is 14.0 Å². The molecule has 1 aromatic heterocycles. The van der Waals surface area contributed by atoms with Crippen LogP contribution in [0.2, 0.25) is 0 Å². The molecule has 0 radical (unpaired) electrons. The Kier molecular flexibility index (Phi) is 4.90. The zero-order valence-corrected chi connectivity index (χ0v) is 16.4. The topological polar surface area (TPSA) is 55.6 Å². The highest BCUT2D eigenvalue weighted by molar-refractivity contribution is 6.06. The van der Waals surface area contributed by atoms with Crippen LogP contribution >= 0.6 is 0 Å². The summed E-state index contributed by atoms with van der Waals surface area (Å²) in [5.74, 6) is 2.15. The summed E-state index contributed by atoms with van der Waals surface area (Å²) < 4.78 is 11.1. The third-order valence-electron chi connectivity index (χ3n) is 5.30. The first kappa shape index (κ1) is 18.3. The zero-order chi connectivity index (χ0) is 19.7. The third-order valence-corrected chi connectivity index (χ3v) is 5.30. The third kappa shape index (κ3) is 3.52. The molecule has 1 fully saturated rings. The van der Waals surface area contributed by atoms with Crippen LogP contribution in [0.3, 0.4) is 0 Å². The number of methoxy groups -OCH3 is 1. The van der Waals surface area contributed by atoms with Crippen LogP contribution in [0, 0.1) is 12.8 Å². The molecule has 5 nitrogen and oxygen atoms in total. The number of carbonyl (C=O) groups is 1. The minimum atomic E-state index is -0.131. The fourth-order valence-electron chi connectivity index (χ4n) is 3.48. The fourth-order valence-corrected chi connectivity index (χ4v) is 3.48. The monoisotopic (exact) mass is 376 g/mol. The van der Waals surface area contributed by atoms with Crippen LogP contribution in [-0.2, 0) is 0 Å². The van der Waals surface area contributed by atoms with E-state index < -0.39 is 0 Å². The Morgan fingerprint density at radius 3 is 2.43 bits per heavy atom. The Morgan fingerprint density at radius 2 is 1.82 bits per heavy atom. The predicted molar refractivity (Wildman–Crippen MR) is 109 cm³/mol. The quantitative estimate of drug-likeness (QED) is 0.600. The number of aromatic nitrogens is 1. The number of benzene rings is 2. The van der Waals surface area contributed by atoms with Crippen molar-refractivity contribution in [3.8, 4) is 17.2 Å². The average molecular weight is 376 g/mol. The van der Waals surface area contributed by atoms with Gasteiger partial charge in [-0.25, -0.2) is 4.98 Å². The van der Waals surface area contributed by atoms with Gasteiger partial charge in [-0.05, 0) is 69.0 Å². The van der Waals surface area contributed by atoms with E-state index in [-0.39, 0.29) is 11.9 Å². The van der Waals surface area contributed by atoms with Gasteiger partial charge in [-0.15, -0.1) is 0 Å². The first-order chi connectivity index (χ1) is 13.6. The molecule has 1 heterocycles. The molecular weight excluding hydrogens is 352 g/mol. The van der Waals surface area contributed by atoms with Crippen molar-refractivity contribution in [2.24, 2.45) is 5.92 Å². The summed E-state index contributed by atoms with van der Waals surface area (Å²) in [6.45, 7) is 3.90. The molecule has 1 amide bonds. The molecule has 1 aliphatic rings. The Hall–Kier alpha value is -3.08. The lowest BCUT2D eigenvalue weighted by molar-refractivity contribution is 0.0970. The lowest BCUT2D eigenvalue weighted by Gasteiger charge is -2.29. The van der Waals surface area contributed by atoms with Gasteiger partial charge in [-0.3, -0.25) is 4.79 Å². The van der Waals surface area contributed by atoms with Crippen LogP contribution in [0.1, 0.15) is 36.0 Å².